The van der Waals surface area contributed by atoms with Crippen LogP contribution in [0.3, 0.4) is 0 Å². The third-order valence-electron chi connectivity index (χ3n) is 8.17. The number of amides is 1. The maximum Gasteiger partial charge on any atom is 0.410 e. The van der Waals surface area contributed by atoms with Crippen LogP contribution in [0.5, 0.6) is 6.01 Å². The number of ether oxygens (including phenoxy) is 2. The van der Waals surface area contributed by atoms with Gasteiger partial charge in [0.2, 0.25) is 0 Å². The monoisotopic (exact) mass is 514 g/mol. The Morgan fingerprint density at radius 1 is 1.14 bits per heavy atom. The minimum Gasteiger partial charge on any atom is -0.461 e. The number of fused-ring (bicyclic) bond motifs is 4. The molecule has 4 aliphatic heterocycles. The van der Waals surface area contributed by atoms with E-state index < -0.39 is 5.60 Å². The van der Waals surface area contributed by atoms with E-state index in [0.29, 0.717) is 30.9 Å². The number of halogens is 1. The van der Waals surface area contributed by atoms with Crippen LogP contribution in [-0.4, -0.2) is 86.9 Å². The van der Waals surface area contributed by atoms with Crippen molar-refractivity contribution in [2.45, 2.75) is 82.5 Å². The average molecular weight is 515 g/mol. The molecule has 0 saturated carbocycles. The van der Waals surface area contributed by atoms with Crippen LogP contribution in [0.15, 0.2) is 12.3 Å². The molecule has 10 heteroatoms. The van der Waals surface area contributed by atoms with Crippen LogP contribution >= 0.6 is 11.6 Å². The van der Waals surface area contributed by atoms with E-state index >= 15 is 0 Å². The molecule has 0 N–H and O–H groups in total. The normalized spacial score (nSPS) is 25.4. The SMILES string of the molecule is CC(C)(C)OC(=O)N1[C@@H]2CC[C@H]1CN(c1nc(OCC34CCCN3CCC4)nc3cc(Cl)ncc13)C2. The fourth-order valence-corrected chi connectivity index (χ4v) is 6.77. The lowest BCUT2D eigenvalue weighted by Crippen LogP contribution is -2.57. The molecule has 0 aliphatic carbocycles. The van der Waals surface area contributed by atoms with Crippen LogP contribution in [0.4, 0.5) is 10.6 Å². The molecule has 194 valence electrons. The fourth-order valence-electron chi connectivity index (χ4n) is 6.62. The molecule has 2 bridgehead atoms. The van der Waals surface area contributed by atoms with Gasteiger partial charge in [0.15, 0.2) is 0 Å². The van der Waals surface area contributed by atoms with Crippen LogP contribution < -0.4 is 9.64 Å². The number of anilines is 1. The molecule has 0 radical (unpaired) electrons. The number of aromatic nitrogens is 3. The first-order chi connectivity index (χ1) is 17.2. The van der Waals surface area contributed by atoms with Gasteiger partial charge >= 0.3 is 12.1 Å². The van der Waals surface area contributed by atoms with Gasteiger partial charge < -0.3 is 14.4 Å². The van der Waals surface area contributed by atoms with Crippen molar-refractivity contribution in [1.29, 1.82) is 0 Å². The van der Waals surface area contributed by atoms with Crippen molar-refractivity contribution >= 4 is 34.4 Å². The Bertz CT molecular complexity index is 1150. The van der Waals surface area contributed by atoms with Crippen LogP contribution in [0, 0.1) is 0 Å². The maximum absolute atomic E-state index is 12.9. The Hall–Kier alpha value is -2.39. The topological polar surface area (TPSA) is 83.9 Å². The summed E-state index contributed by atoms with van der Waals surface area (Å²) in [5.74, 6) is 0.798. The molecule has 2 aromatic heterocycles. The Labute approximate surface area is 217 Å². The van der Waals surface area contributed by atoms with Gasteiger partial charge in [0, 0.05) is 25.4 Å². The highest BCUT2D eigenvalue weighted by Gasteiger charge is 2.46. The average Bonchev–Trinajstić information content (AvgIpc) is 3.46. The predicted molar refractivity (Wildman–Crippen MR) is 138 cm³/mol. The van der Waals surface area contributed by atoms with Gasteiger partial charge in [-0.1, -0.05) is 11.6 Å². The second kappa shape index (κ2) is 8.87. The molecule has 4 saturated heterocycles. The highest BCUT2D eigenvalue weighted by molar-refractivity contribution is 6.30. The van der Waals surface area contributed by atoms with E-state index in [-0.39, 0.29) is 23.7 Å². The number of pyridine rings is 1. The van der Waals surface area contributed by atoms with Gasteiger partial charge in [0.25, 0.3) is 0 Å². The number of carbonyl (C=O) groups excluding carboxylic acids is 1. The number of rotatable bonds is 4. The van der Waals surface area contributed by atoms with Crippen molar-refractivity contribution in [2.75, 3.05) is 37.7 Å². The van der Waals surface area contributed by atoms with Gasteiger partial charge in [-0.05, 0) is 72.4 Å². The predicted octanol–water partition coefficient (Wildman–Crippen LogP) is 4.27. The van der Waals surface area contributed by atoms with Gasteiger partial charge in [0.05, 0.1) is 28.5 Å². The van der Waals surface area contributed by atoms with Crippen LogP contribution in [0.2, 0.25) is 5.15 Å². The van der Waals surface area contributed by atoms with E-state index in [9.17, 15) is 4.79 Å². The molecule has 0 aromatic carbocycles. The lowest BCUT2D eigenvalue weighted by molar-refractivity contribution is 0.0122. The zero-order valence-corrected chi connectivity index (χ0v) is 22.1. The van der Waals surface area contributed by atoms with Gasteiger partial charge in [0.1, 0.15) is 23.2 Å². The Morgan fingerprint density at radius 2 is 1.83 bits per heavy atom. The molecule has 2 aromatic rings. The Morgan fingerprint density at radius 3 is 2.50 bits per heavy atom. The third-order valence-corrected chi connectivity index (χ3v) is 8.38. The van der Waals surface area contributed by atoms with Gasteiger partial charge in [-0.25, -0.2) is 9.78 Å². The molecule has 4 aliphatic rings. The van der Waals surface area contributed by atoms with E-state index in [1.807, 2.05) is 25.7 Å². The molecule has 6 heterocycles. The maximum atomic E-state index is 12.9. The summed E-state index contributed by atoms with van der Waals surface area (Å²) in [5, 5.41) is 1.24. The van der Waals surface area contributed by atoms with Crippen molar-refractivity contribution in [1.82, 2.24) is 24.8 Å². The quantitative estimate of drug-likeness (QED) is 0.559. The van der Waals surface area contributed by atoms with Crippen molar-refractivity contribution in [3.63, 3.8) is 0 Å². The van der Waals surface area contributed by atoms with E-state index in [0.717, 1.165) is 42.7 Å². The Balaban J connectivity index is 1.27. The summed E-state index contributed by atoms with van der Waals surface area (Å²) in [6, 6.07) is 2.32. The summed E-state index contributed by atoms with van der Waals surface area (Å²) in [7, 11) is 0. The largest absolute Gasteiger partial charge is 0.461 e. The summed E-state index contributed by atoms with van der Waals surface area (Å²) in [4.78, 5) is 33.6. The minimum absolute atomic E-state index is 0.0812. The Kier molecular flexibility index (Phi) is 5.91. The van der Waals surface area contributed by atoms with Crippen LogP contribution in [0.1, 0.15) is 59.3 Å². The van der Waals surface area contributed by atoms with Crippen LogP contribution in [-0.2, 0) is 4.74 Å². The zero-order valence-electron chi connectivity index (χ0n) is 21.4. The van der Waals surface area contributed by atoms with Gasteiger partial charge in [-0.2, -0.15) is 9.97 Å². The summed E-state index contributed by atoms with van der Waals surface area (Å²) < 4.78 is 12.0. The van der Waals surface area contributed by atoms with E-state index in [2.05, 4.69) is 14.8 Å². The number of hydrogen-bond donors (Lipinski definition) is 0. The molecule has 6 rings (SSSR count). The first kappa shape index (κ1) is 24.0. The number of hydrogen-bond acceptors (Lipinski definition) is 8. The van der Waals surface area contributed by atoms with Gasteiger partial charge in [-0.15, -0.1) is 0 Å². The first-order valence-corrected chi connectivity index (χ1v) is 13.6. The molecule has 4 fully saturated rings. The lowest BCUT2D eigenvalue weighted by atomic mass is 9.95. The molecular formula is C26H35ClN6O3. The molecule has 9 nitrogen and oxygen atoms in total. The summed E-state index contributed by atoms with van der Waals surface area (Å²) in [6.07, 6.45) is 8.20. The highest BCUT2D eigenvalue weighted by Crippen LogP contribution is 2.40. The third kappa shape index (κ3) is 4.34. The van der Waals surface area contributed by atoms with Crippen molar-refractivity contribution in [3.05, 3.63) is 17.4 Å². The smallest absolute Gasteiger partial charge is 0.410 e. The molecule has 0 spiro atoms. The number of piperazine rings is 1. The highest BCUT2D eigenvalue weighted by atomic mass is 35.5. The molecular weight excluding hydrogens is 480 g/mol. The summed E-state index contributed by atoms with van der Waals surface area (Å²) in [5.41, 5.74) is 0.331. The van der Waals surface area contributed by atoms with Crippen molar-refractivity contribution in [2.24, 2.45) is 0 Å². The van der Waals surface area contributed by atoms with Crippen molar-refractivity contribution in [3.8, 4) is 6.01 Å². The number of carbonyl (C=O) groups is 1. The van der Waals surface area contributed by atoms with E-state index in [1.54, 1.807) is 12.3 Å². The standard InChI is InChI=1S/C26H35ClN6O3/c1-25(2,3)36-24(34)33-17-6-7-18(33)15-31(14-17)22-19-13-28-21(27)12-20(19)29-23(30-22)35-16-26-8-4-10-32(26)11-5-9-26/h12-13,17-18H,4-11,14-16H2,1-3H3/t17-,18+. The van der Waals surface area contributed by atoms with E-state index in [1.165, 1.54) is 25.7 Å². The fraction of sp³-hybridized carbons (Fsp3) is 0.692. The molecule has 2 atom stereocenters. The summed E-state index contributed by atoms with van der Waals surface area (Å²) in [6.45, 7) is 10.00. The van der Waals surface area contributed by atoms with E-state index in [4.69, 9.17) is 31.0 Å². The second-order valence-corrected chi connectivity index (χ2v) is 12.1. The summed E-state index contributed by atoms with van der Waals surface area (Å²) >= 11 is 6.23. The van der Waals surface area contributed by atoms with Gasteiger partial charge in [-0.3, -0.25) is 9.80 Å². The van der Waals surface area contributed by atoms with Crippen molar-refractivity contribution < 1.29 is 14.3 Å². The van der Waals surface area contributed by atoms with Crippen LogP contribution in [0.25, 0.3) is 10.9 Å². The molecule has 36 heavy (non-hydrogen) atoms. The minimum atomic E-state index is -0.512. The zero-order chi connectivity index (χ0) is 25.1. The lowest BCUT2D eigenvalue weighted by Gasteiger charge is -2.42. The number of nitrogens with zero attached hydrogens (tertiary/aromatic N) is 6. The molecule has 1 amide bonds. The second-order valence-electron chi connectivity index (χ2n) is 11.7. The first-order valence-electron chi connectivity index (χ1n) is 13.2. The molecule has 0 unspecified atom stereocenters.